The Hall–Kier alpha value is -0.0200. The monoisotopic (exact) mass is 458 g/mol. The van der Waals surface area contributed by atoms with E-state index < -0.39 is 5.69 Å². The van der Waals surface area contributed by atoms with Crippen molar-refractivity contribution in [2.75, 3.05) is 0 Å². The number of rotatable bonds is 18. The van der Waals surface area contributed by atoms with Crippen LogP contribution in [0, 0.1) is 0 Å². The first-order valence-corrected chi connectivity index (χ1v) is 15.7. The third kappa shape index (κ3) is 13.8. The van der Waals surface area contributed by atoms with Crippen LogP contribution < -0.4 is 4.52 Å². The van der Waals surface area contributed by atoms with E-state index in [2.05, 4.69) is 44.3 Å². The molecule has 0 aromatic heterocycles. The maximum Gasteiger partial charge on any atom is 0.291 e. The van der Waals surface area contributed by atoms with Gasteiger partial charge in [-0.15, -0.1) is 0 Å². The largest absolute Gasteiger partial charge is 0.436 e. The van der Waals surface area contributed by atoms with Crippen molar-refractivity contribution in [3.63, 3.8) is 0 Å². The molecule has 0 aliphatic rings. The molecule has 0 fully saturated rings. The summed E-state index contributed by atoms with van der Waals surface area (Å²) < 4.78 is 5.83. The quantitative estimate of drug-likeness (QED) is 0.131. The van der Waals surface area contributed by atoms with Crippen LogP contribution in [0.4, 0.5) is 0 Å². The standard InChI is InChI=1S/C24H43O2PS2/c1-3-5-7-9-11-13-15-18-22-20-17-21-23(24(22)26-27(25,28)29)19-16-14-12-10-8-6-4-2/h17,20-21H,3-16,18-19H2,1-2H3,(H2,25,28,29). The van der Waals surface area contributed by atoms with E-state index >= 15 is 0 Å². The third-order valence-corrected chi connectivity index (χ3v) is 6.38. The summed E-state index contributed by atoms with van der Waals surface area (Å²) in [6.07, 6.45) is 20.1. The van der Waals surface area contributed by atoms with E-state index in [9.17, 15) is 4.89 Å². The first kappa shape index (κ1) is 27.0. The molecule has 1 atom stereocenters. The molecule has 0 spiro atoms. The van der Waals surface area contributed by atoms with Gasteiger partial charge in [-0.1, -0.05) is 121 Å². The second-order valence-electron chi connectivity index (χ2n) is 8.23. The van der Waals surface area contributed by atoms with Crippen LogP contribution in [0.25, 0.3) is 0 Å². The van der Waals surface area contributed by atoms with Crippen molar-refractivity contribution in [3.05, 3.63) is 29.3 Å². The lowest BCUT2D eigenvalue weighted by atomic mass is 9.98. The topological polar surface area (TPSA) is 29.5 Å². The highest BCUT2D eigenvalue weighted by molar-refractivity contribution is 8.59. The van der Waals surface area contributed by atoms with Crippen LogP contribution in [0.5, 0.6) is 5.75 Å². The van der Waals surface area contributed by atoms with Gasteiger partial charge in [0.25, 0.3) is 5.69 Å². The van der Waals surface area contributed by atoms with Crippen LogP contribution in [-0.2, 0) is 24.6 Å². The van der Waals surface area contributed by atoms with E-state index in [-0.39, 0.29) is 0 Å². The average molecular weight is 459 g/mol. The van der Waals surface area contributed by atoms with E-state index in [1.807, 2.05) is 0 Å². The zero-order chi connectivity index (χ0) is 21.4. The van der Waals surface area contributed by atoms with Gasteiger partial charge in [0.05, 0.1) is 0 Å². The Labute approximate surface area is 190 Å². The van der Waals surface area contributed by atoms with Gasteiger partial charge in [0, 0.05) is 0 Å². The normalized spacial score (nSPS) is 13.4. The average Bonchev–Trinajstić information content (AvgIpc) is 2.67. The summed E-state index contributed by atoms with van der Waals surface area (Å²) in [5.74, 6) is 0.810. The van der Waals surface area contributed by atoms with Crippen molar-refractivity contribution < 1.29 is 9.42 Å². The van der Waals surface area contributed by atoms with Gasteiger partial charge >= 0.3 is 0 Å². The number of thiol groups is 1. The number of hydrogen-bond donors (Lipinski definition) is 2. The lowest BCUT2D eigenvalue weighted by molar-refractivity contribution is 0.493. The highest BCUT2D eigenvalue weighted by atomic mass is 32.9. The van der Waals surface area contributed by atoms with Crippen LogP contribution in [0.3, 0.4) is 0 Å². The predicted octanol–water partition coefficient (Wildman–Crippen LogP) is 8.80. The fourth-order valence-electron chi connectivity index (χ4n) is 3.81. The molecule has 29 heavy (non-hydrogen) atoms. The van der Waals surface area contributed by atoms with Crippen molar-refractivity contribution in [2.24, 2.45) is 0 Å². The lowest BCUT2D eigenvalue weighted by Crippen LogP contribution is -1.99. The minimum Gasteiger partial charge on any atom is -0.436 e. The van der Waals surface area contributed by atoms with Crippen LogP contribution in [0.2, 0.25) is 0 Å². The first-order chi connectivity index (χ1) is 14.0. The molecule has 1 rings (SSSR count). The van der Waals surface area contributed by atoms with Gasteiger partial charge in [-0.05, 0) is 48.6 Å². The van der Waals surface area contributed by atoms with Gasteiger partial charge < -0.3 is 9.42 Å². The number of hydrogen-bond acceptors (Lipinski definition) is 2. The summed E-state index contributed by atoms with van der Waals surface area (Å²) >= 11 is 9.22. The van der Waals surface area contributed by atoms with E-state index in [0.29, 0.717) is 0 Å². The Kier molecular flexibility index (Phi) is 15.5. The number of benzene rings is 1. The van der Waals surface area contributed by atoms with Crippen molar-refractivity contribution in [1.82, 2.24) is 0 Å². The van der Waals surface area contributed by atoms with Crippen molar-refractivity contribution in [2.45, 2.75) is 117 Å². The highest BCUT2D eigenvalue weighted by Gasteiger charge is 2.16. The molecule has 1 aromatic rings. The second-order valence-corrected chi connectivity index (χ2v) is 13.3. The number of para-hydroxylation sites is 1. The van der Waals surface area contributed by atoms with Crippen LogP contribution in [0.15, 0.2) is 18.2 Å². The smallest absolute Gasteiger partial charge is 0.291 e. The zero-order valence-electron chi connectivity index (χ0n) is 18.7. The third-order valence-electron chi connectivity index (χ3n) is 5.49. The molecule has 0 bridgehead atoms. The molecular formula is C24H43O2PS2. The van der Waals surface area contributed by atoms with Crippen LogP contribution >= 0.6 is 17.9 Å². The molecule has 1 N–H and O–H groups in total. The van der Waals surface area contributed by atoms with Crippen molar-refractivity contribution >= 4 is 29.7 Å². The van der Waals surface area contributed by atoms with Crippen LogP contribution in [0.1, 0.15) is 115 Å². The van der Waals surface area contributed by atoms with Gasteiger partial charge in [0.1, 0.15) is 5.75 Å². The first-order valence-electron chi connectivity index (χ1n) is 11.8. The molecule has 1 unspecified atom stereocenters. The molecule has 1 aromatic carbocycles. The van der Waals surface area contributed by atoms with Gasteiger partial charge in [-0.3, -0.25) is 0 Å². The fourth-order valence-corrected chi connectivity index (χ4v) is 4.75. The Balaban J connectivity index is 2.56. The van der Waals surface area contributed by atoms with E-state index in [1.54, 1.807) is 0 Å². The molecule has 5 heteroatoms. The summed E-state index contributed by atoms with van der Waals surface area (Å²) in [6.45, 7) is 4.51. The van der Waals surface area contributed by atoms with Gasteiger partial charge in [-0.2, -0.15) is 0 Å². The lowest BCUT2D eigenvalue weighted by Gasteiger charge is -2.19. The zero-order valence-corrected chi connectivity index (χ0v) is 21.3. The SMILES string of the molecule is CCCCCCCCCc1cccc(CCCCCCCCC)c1OP(O)(=S)S. The molecular weight excluding hydrogens is 415 g/mol. The molecule has 0 amide bonds. The maximum atomic E-state index is 10.1. The highest BCUT2D eigenvalue weighted by Crippen LogP contribution is 2.49. The Morgan fingerprint density at radius 1 is 0.759 bits per heavy atom. The Morgan fingerprint density at radius 3 is 1.52 bits per heavy atom. The van der Waals surface area contributed by atoms with Gasteiger partial charge in [0.15, 0.2) is 0 Å². The number of unbranched alkanes of at least 4 members (excludes halogenated alkanes) is 12. The van der Waals surface area contributed by atoms with Crippen LogP contribution in [-0.4, -0.2) is 4.89 Å². The molecule has 0 saturated heterocycles. The molecule has 0 aliphatic carbocycles. The Morgan fingerprint density at radius 2 is 1.14 bits per heavy atom. The summed E-state index contributed by atoms with van der Waals surface area (Å²) in [5.41, 5.74) is -0.674. The fraction of sp³-hybridized carbons (Fsp3) is 0.750. The second kappa shape index (κ2) is 16.6. The van der Waals surface area contributed by atoms with E-state index in [0.717, 1.165) is 31.4 Å². The molecule has 0 aliphatic heterocycles. The molecule has 2 nitrogen and oxygen atoms in total. The summed E-state index contributed by atoms with van der Waals surface area (Å²) in [5, 5.41) is 0. The maximum absolute atomic E-state index is 10.1. The summed E-state index contributed by atoms with van der Waals surface area (Å²) in [4.78, 5) is 10.1. The summed E-state index contributed by atoms with van der Waals surface area (Å²) in [7, 11) is 0. The minimum absolute atomic E-state index is 0.810. The summed E-state index contributed by atoms with van der Waals surface area (Å²) in [6, 6.07) is 6.37. The minimum atomic E-state index is -3.03. The Bertz CT molecular complexity index is 550. The molecule has 0 radical (unpaired) electrons. The number of aryl methyl sites for hydroxylation is 2. The molecule has 0 heterocycles. The van der Waals surface area contributed by atoms with Gasteiger partial charge in [0.2, 0.25) is 0 Å². The van der Waals surface area contributed by atoms with Gasteiger partial charge in [-0.25, -0.2) is 0 Å². The van der Waals surface area contributed by atoms with Crippen molar-refractivity contribution in [1.29, 1.82) is 0 Å². The van der Waals surface area contributed by atoms with E-state index in [1.165, 1.54) is 88.2 Å². The molecule has 0 saturated carbocycles. The van der Waals surface area contributed by atoms with E-state index in [4.69, 9.17) is 16.3 Å². The molecule has 168 valence electrons. The predicted molar refractivity (Wildman–Crippen MR) is 136 cm³/mol. The van der Waals surface area contributed by atoms with Crippen molar-refractivity contribution in [3.8, 4) is 5.75 Å².